The SMILES string of the molecule is CCn1nc(CC(O)C2(O)CCCC2)c2ccccc21. The monoisotopic (exact) mass is 274 g/mol. The first kappa shape index (κ1) is 13.6. The van der Waals surface area contributed by atoms with Crippen molar-refractivity contribution in [3.8, 4) is 0 Å². The Morgan fingerprint density at radius 3 is 2.70 bits per heavy atom. The first-order valence-electron chi connectivity index (χ1n) is 7.49. The fourth-order valence-electron chi connectivity index (χ4n) is 3.28. The van der Waals surface area contributed by atoms with Gasteiger partial charge >= 0.3 is 0 Å². The van der Waals surface area contributed by atoms with E-state index in [1.54, 1.807) is 0 Å². The van der Waals surface area contributed by atoms with Crippen LogP contribution in [-0.2, 0) is 13.0 Å². The maximum Gasteiger partial charge on any atom is 0.0909 e. The van der Waals surface area contributed by atoms with Crippen molar-refractivity contribution in [2.24, 2.45) is 0 Å². The van der Waals surface area contributed by atoms with Gasteiger partial charge in [0.2, 0.25) is 0 Å². The van der Waals surface area contributed by atoms with E-state index in [2.05, 4.69) is 12.0 Å². The van der Waals surface area contributed by atoms with E-state index in [0.717, 1.165) is 36.0 Å². The lowest BCUT2D eigenvalue weighted by Gasteiger charge is -2.28. The van der Waals surface area contributed by atoms with Crippen molar-refractivity contribution in [3.05, 3.63) is 30.0 Å². The van der Waals surface area contributed by atoms with Crippen LogP contribution in [0.1, 0.15) is 38.3 Å². The van der Waals surface area contributed by atoms with E-state index in [9.17, 15) is 10.2 Å². The van der Waals surface area contributed by atoms with Crippen molar-refractivity contribution in [1.82, 2.24) is 9.78 Å². The highest BCUT2D eigenvalue weighted by Crippen LogP contribution is 2.34. The summed E-state index contributed by atoms with van der Waals surface area (Å²) in [5.41, 5.74) is 1.06. The smallest absolute Gasteiger partial charge is 0.0909 e. The molecule has 0 saturated heterocycles. The number of aryl methyl sites for hydroxylation is 1. The van der Waals surface area contributed by atoms with Crippen LogP contribution >= 0.6 is 0 Å². The van der Waals surface area contributed by atoms with Crippen LogP contribution in [0, 0.1) is 0 Å². The summed E-state index contributed by atoms with van der Waals surface area (Å²) in [6.07, 6.45) is 3.08. The third-order valence-electron chi connectivity index (χ3n) is 4.51. The van der Waals surface area contributed by atoms with E-state index in [-0.39, 0.29) is 0 Å². The van der Waals surface area contributed by atoms with Gasteiger partial charge in [-0.05, 0) is 25.8 Å². The van der Waals surface area contributed by atoms with E-state index in [1.165, 1.54) is 0 Å². The second-order valence-electron chi connectivity index (χ2n) is 5.81. The largest absolute Gasteiger partial charge is 0.390 e. The highest BCUT2D eigenvalue weighted by Gasteiger charge is 2.38. The van der Waals surface area contributed by atoms with E-state index in [0.29, 0.717) is 19.3 Å². The third-order valence-corrected chi connectivity index (χ3v) is 4.51. The second-order valence-corrected chi connectivity index (χ2v) is 5.81. The predicted octanol–water partition coefficient (Wildman–Crippen LogP) is 2.26. The predicted molar refractivity (Wildman–Crippen MR) is 78.5 cm³/mol. The zero-order valence-corrected chi connectivity index (χ0v) is 11.9. The van der Waals surface area contributed by atoms with Crippen molar-refractivity contribution >= 4 is 10.9 Å². The lowest BCUT2D eigenvalue weighted by molar-refractivity contribution is -0.0692. The molecule has 1 fully saturated rings. The minimum absolute atomic E-state index is 0.421. The Hall–Kier alpha value is -1.39. The van der Waals surface area contributed by atoms with E-state index in [1.807, 2.05) is 28.9 Å². The van der Waals surface area contributed by atoms with Crippen LogP contribution in [0.15, 0.2) is 24.3 Å². The number of fused-ring (bicyclic) bond motifs is 1. The van der Waals surface area contributed by atoms with Crippen LogP contribution < -0.4 is 0 Å². The normalized spacial score (nSPS) is 19.6. The summed E-state index contributed by atoms with van der Waals surface area (Å²) in [7, 11) is 0. The average molecular weight is 274 g/mol. The molecule has 4 nitrogen and oxygen atoms in total. The molecular weight excluding hydrogens is 252 g/mol. The minimum Gasteiger partial charge on any atom is -0.390 e. The first-order valence-corrected chi connectivity index (χ1v) is 7.49. The van der Waals surface area contributed by atoms with Gasteiger partial charge in [0.05, 0.1) is 22.9 Å². The van der Waals surface area contributed by atoms with Crippen LogP contribution in [0.3, 0.4) is 0 Å². The number of nitrogens with zero attached hydrogens (tertiary/aromatic N) is 2. The van der Waals surface area contributed by atoms with Gasteiger partial charge in [0.15, 0.2) is 0 Å². The van der Waals surface area contributed by atoms with Crippen LogP contribution in [0.4, 0.5) is 0 Å². The molecule has 1 aliphatic rings. The van der Waals surface area contributed by atoms with E-state index < -0.39 is 11.7 Å². The zero-order valence-electron chi connectivity index (χ0n) is 11.9. The van der Waals surface area contributed by atoms with Gasteiger partial charge in [0.1, 0.15) is 0 Å². The molecule has 1 aromatic heterocycles. The number of aliphatic hydroxyl groups excluding tert-OH is 1. The standard InChI is InChI=1S/C16H22N2O2/c1-2-18-14-8-4-3-7-12(14)13(17-18)11-15(19)16(20)9-5-6-10-16/h3-4,7-8,15,19-20H,2,5-6,9-11H2,1H3. The first-order chi connectivity index (χ1) is 9.64. The van der Waals surface area contributed by atoms with Crippen molar-refractivity contribution in [3.63, 3.8) is 0 Å². The van der Waals surface area contributed by atoms with Gasteiger partial charge in [-0.1, -0.05) is 31.0 Å². The number of hydrogen-bond donors (Lipinski definition) is 2. The Morgan fingerprint density at radius 2 is 2.00 bits per heavy atom. The summed E-state index contributed by atoms with van der Waals surface area (Å²) in [6.45, 7) is 2.87. The summed E-state index contributed by atoms with van der Waals surface area (Å²) in [5.74, 6) is 0. The van der Waals surface area contributed by atoms with Crippen LogP contribution in [0.25, 0.3) is 10.9 Å². The molecule has 4 heteroatoms. The number of benzene rings is 1. The van der Waals surface area contributed by atoms with Crippen molar-refractivity contribution in [2.45, 2.75) is 57.3 Å². The van der Waals surface area contributed by atoms with Crippen LogP contribution in [0.5, 0.6) is 0 Å². The molecule has 2 N–H and O–H groups in total. The Kier molecular flexibility index (Phi) is 3.52. The number of aromatic nitrogens is 2. The molecule has 108 valence electrons. The Morgan fingerprint density at radius 1 is 1.30 bits per heavy atom. The van der Waals surface area contributed by atoms with E-state index in [4.69, 9.17) is 0 Å². The maximum absolute atomic E-state index is 10.5. The molecule has 1 atom stereocenters. The fourth-order valence-corrected chi connectivity index (χ4v) is 3.28. The molecule has 3 rings (SSSR count). The minimum atomic E-state index is -0.920. The second kappa shape index (κ2) is 5.19. The Bertz CT molecular complexity index is 600. The van der Waals surface area contributed by atoms with Gasteiger partial charge < -0.3 is 10.2 Å². The summed E-state index contributed by atoms with van der Waals surface area (Å²) in [5, 5.41) is 26.6. The molecule has 2 aromatic rings. The lowest BCUT2D eigenvalue weighted by Crippen LogP contribution is -2.41. The molecule has 0 bridgehead atoms. The molecule has 1 heterocycles. The maximum atomic E-state index is 10.5. The summed E-state index contributed by atoms with van der Waals surface area (Å²) in [4.78, 5) is 0. The number of hydrogen-bond acceptors (Lipinski definition) is 3. The molecule has 1 unspecified atom stereocenters. The van der Waals surface area contributed by atoms with Crippen molar-refractivity contribution < 1.29 is 10.2 Å². The molecule has 0 spiro atoms. The molecule has 1 aliphatic carbocycles. The van der Waals surface area contributed by atoms with Gasteiger partial charge in [0, 0.05) is 18.4 Å². The van der Waals surface area contributed by atoms with Gasteiger partial charge in [-0.3, -0.25) is 4.68 Å². The quantitative estimate of drug-likeness (QED) is 0.899. The molecule has 0 amide bonds. The van der Waals surface area contributed by atoms with Gasteiger partial charge in [-0.2, -0.15) is 5.10 Å². The summed E-state index contributed by atoms with van der Waals surface area (Å²) < 4.78 is 1.95. The fraction of sp³-hybridized carbons (Fsp3) is 0.562. The van der Waals surface area contributed by atoms with Gasteiger partial charge in [-0.15, -0.1) is 0 Å². The highest BCUT2D eigenvalue weighted by atomic mass is 16.3. The van der Waals surface area contributed by atoms with Crippen molar-refractivity contribution in [2.75, 3.05) is 0 Å². The van der Waals surface area contributed by atoms with Crippen LogP contribution in [0.2, 0.25) is 0 Å². The third kappa shape index (κ3) is 2.23. The van der Waals surface area contributed by atoms with Crippen molar-refractivity contribution in [1.29, 1.82) is 0 Å². The topological polar surface area (TPSA) is 58.3 Å². The molecular formula is C16H22N2O2. The molecule has 1 aromatic carbocycles. The summed E-state index contributed by atoms with van der Waals surface area (Å²) in [6, 6.07) is 8.08. The van der Waals surface area contributed by atoms with Gasteiger partial charge in [0.25, 0.3) is 0 Å². The average Bonchev–Trinajstić information content (AvgIpc) is 3.05. The zero-order chi connectivity index (χ0) is 14.2. The lowest BCUT2D eigenvalue weighted by atomic mass is 9.91. The molecule has 0 aliphatic heterocycles. The Balaban J connectivity index is 1.91. The number of aliphatic hydroxyl groups is 2. The highest BCUT2D eigenvalue weighted by molar-refractivity contribution is 5.82. The van der Waals surface area contributed by atoms with Gasteiger partial charge in [-0.25, -0.2) is 0 Å². The molecule has 1 saturated carbocycles. The number of para-hydroxylation sites is 1. The number of rotatable bonds is 4. The summed E-state index contributed by atoms with van der Waals surface area (Å²) >= 11 is 0. The van der Waals surface area contributed by atoms with Crippen LogP contribution in [-0.4, -0.2) is 31.7 Å². The Labute approximate surface area is 119 Å². The molecule has 0 radical (unpaired) electrons. The molecule has 20 heavy (non-hydrogen) atoms. The van der Waals surface area contributed by atoms with E-state index >= 15 is 0 Å².